The van der Waals surface area contributed by atoms with Gasteiger partial charge in [-0.15, -0.1) is 11.8 Å². The standard InChI is InChI=1S/C35H46N4O4S/c1-24-10-9-11-25(2)29(24)23-43-34(42)37-30(20-26-12-7-6-8-13-26)32(40)22-39-19-16-28(44-27-14-17-36-18-15-27)21-31(39)33(41)38-35(3,4)5/h6-15,17-18,28,30-32,40H,16,19-23H2,1-5H3,(H,37,42)(H,38,41)/t28-,30+,31+,32-/m1/s1. The highest BCUT2D eigenvalue weighted by atomic mass is 32.2. The summed E-state index contributed by atoms with van der Waals surface area (Å²) in [6.07, 6.45) is 3.99. The van der Waals surface area contributed by atoms with Crippen LogP contribution in [0.2, 0.25) is 0 Å². The van der Waals surface area contributed by atoms with Crippen LogP contribution in [0.3, 0.4) is 0 Å². The Bertz CT molecular complexity index is 1350. The Hall–Kier alpha value is -3.40. The first-order valence-electron chi connectivity index (χ1n) is 15.3. The molecule has 1 saturated heterocycles. The van der Waals surface area contributed by atoms with Crippen LogP contribution in [-0.2, 0) is 22.6 Å². The Balaban J connectivity index is 1.47. The highest BCUT2D eigenvalue weighted by Crippen LogP contribution is 2.33. The molecule has 1 fully saturated rings. The quantitative estimate of drug-likeness (QED) is 0.263. The molecule has 4 atom stereocenters. The highest BCUT2D eigenvalue weighted by molar-refractivity contribution is 8.00. The van der Waals surface area contributed by atoms with Gasteiger partial charge in [0.2, 0.25) is 5.91 Å². The maximum Gasteiger partial charge on any atom is 0.407 e. The van der Waals surface area contributed by atoms with Gasteiger partial charge in [0.05, 0.1) is 18.2 Å². The third kappa shape index (κ3) is 10.1. The number of carbonyl (C=O) groups excluding carboxylic acids is 2. The number of carbonyl (C=O) groups is 2. The van der Waals surface area contributed by atoms with Crippen molar-refractivity contribution < 1.29 is 19.4 Å². The van der Waals surface area contributed by atoms with Crippen LogP contribution in [0.5, 0.6) is 0 Å². The molecule has 9 heteroatoms. The van der Waals surface area contributed by atoms with Crippen LogP contribution in [0.1, 0.15) is 55.9 Å². The van der Waals surface area contributed by atoms with Gasteiger partial charge in [-0.1, -0.05) is 48.5 Å². The van der Waals surface area contributed by atoms with Crippen molar-refractivity contribution in [3.05, 3.63) is 95.3 Å². The Kier molecular flexibility index (Phi) is 11.8. The molecule has 236 valence electrons. The first-order chi connectivity index (χ1) is 21.0. The van der Waals surface area contributed by atoms with Crippen LogP contribution in [0.4, 0.5) is 4.79 Å². The molecule has 8 nitrogen and oxygen atoms in total. The monoisotopic (exact) mass is 618 g/mol. The number of alkyl carbamates (subject to hydrolysis) is 1. The molecule has 1 aromatic heterocycles. The number of pyridine rings is 1. The molecule has 0 spiro atoms. The predicted molar refractivity (Wildman–Crippen MR) is 176 cm³/mol. The minimum atomic E-state index is -0.933. The van der Waals surface area contributed by atoms with Crippen molar-refractivity contribution in [1.82, 2.24) is 20.5 Å². The van der Waals surface area contributed by atoms with Crippen LogP contribution >= 0.6 is 11.8 Å². The van der Waals surface area contributed by atoms with E-state index in [9.17, 15) is 14.7 Å². The van der Waals surface area contributed by atoms with Crippen molar-refractivity contribution in [2.75, 3.05) is 13.1 Å². The summed E-state index contributed by atoms with van der Waals surface area (Å²) in [7, 11) is 0. The van der Waals surface area contributed by atoms with Crippen LogP contribution in [-0.4, -0.2) is 69.1 Å². The number of likely N-dealkylation sites (tertiary alicyclic amines) is 1. The molecule has 1 aliphatic rings. The number of rotatable bonds is 11. The van der Waals surface area contributed by atoms with Crippen LogP contribution in [0.15, 0.2) is 78.0 Å². The molecule has 44 heavy (non-hydrogen) atoms. The van der Waals surface area contributed by atoms with Crippen LogP contribution in [0, 0.1) is 13.8 Å². The lowest BCUT2D eigenvalue weighted by molar-refractivity contribution is -0.129. The average molecular weight is 619 g/mol. The van der Waals surface area contributed by atoms with E-state index in [-0.39, 0.29) is 29.8 Å². The molecule has 0 aliphatic carbocycles. The molecule has 0 saturated carbocycles. The van der Waals surface area contributed by atoms with E-state index in [1.54, 1.807) is 24.2 Å². The van der Waals surface area contributed by atoms with Crippen LogP contribution < -0.4 is 10.6 Å². The molecule has 3 N–H and O–H groups in total. The number of aliphatic hydroxyl groups excluding tert-OH is 1. The van der Waals surface area contributed by atoms with Gasteiger partial charge in [0.25, 0.3) is 0 Å². The fourth-order valence-corrected chi connectivity index (χ4v) is 6.73. The number of hydrogen-bond donors (Lipinski definition) is 3. The number of aromatic nitrogens is 1. The number of nitrogens with zero attached hydrogens (tertiary/aromatic N) is 2. The minimum absolute atomic E-state index is 0.0506. The van der Waals surface area contributed by atoms with Gasteiger partial charge in [-0.05, 0) is 88.3 Å². The maximum atomic E-state index is 13.6. The molecule has 3 aromatic rings. The van der Waals surface area contributed by atoms with Gasteiger partial charge in [0.1, 0.15) is 6.61 Å². The van der Waals surface area contributed by atoms with Crippen molar-refractivity contribution in [2.45, 2.75) is 94.4 Å². The summed E-state index contributed by atoms with van der Waals surface area (Å²) in [4.78, 5) is 33.9. The highest BCUT2D eigenvalue weighted by Gasteiger charge is 2.37. The van der Waals surface area contributed by atoms with Gasteiger partial charge in [-0.25, -0.2) is 4.79 Å². The zero-order chi connectivity index (χ0) is 31.7. The second kappa shape index (κ2) is 15.5. The summed E-state index contributed by atoms with van der Waals surface area (Å²) in [6.45, 7) is 10.9. The van der Waals surface area contributed by atoms with Gasteiger partial charge in [-0.2, -0.15) is 0 Å². The van der Waals surface area contributed by atoms with Crippen molar-refractivity contribution >= 4 is 23.8 Å². The molecule has 0 bridgehead atoms. The van der Waals surface area contributed by atoms with Crippen molar-refractivity contribution in [1.29, 1.82) is 0 Å². The lowest BCUT2D eigenvalue weighted by Gasteiger charge is -2.41. The zero-order valence-corrected chi connectivity index (χ0v) is 27.3. The van der Waals surface area contributed by atoms with Gasteiger partial charge in [0, 0.05) is 41.2 Å². The summed E-state index contributed by atoms with van der Waals surface area (Å²) in [5.74, 6) is -0.0506. The lowest BCUT2D eigenvalue weighted by Crippen LogP contribution is -2.58. The second-order valence-electron chi connectivity index (χ2n) is 12.7. The maximum absolute atomic E-state index is 13.6. The molecule has 2 aromatic carbocycles. The molecule has 1 aliphatic heterocycles. The molecule has 0 radical (unpaired) electrons. The molecule has 0 unspecified atom stereocenters. The van der Waals surface area contributed by atoms with Crippen molar-refractivity contribution in [3.8, 4) is 0 Å². The number of β-amino-alcohol motifs (C(OH)–C–C–N with tert-alkyl or cyclic N) is 1. The summed E-state index contributed by atoms with van der Waals surface area (Å²) in [5.41, 5.74) is 3.69. The number of aliphatic hydroxyl groups is 1. The fraction of sp³-hybridized carbons (Fsp3) is 0.457. The predicted octanol–water partition coefficient (Wildman–Crippen LogP) is 5.44. The Morgan fingerprint density at radius 1 is 1.05 bits per heavy atom. The van der Waals surface area contributed by atoms with E-state index < -0.39 is 24.3 Å². The van der Waals surface area contributed by atoms with E-state index in [1.165, 1.54) is 0 Å². The Labute approximate surface area is 266 Å². The third-order valence-corrected chi connectivity index (χ3v) is 9.20. The van der Waals surface area contributed by atoms with Crippen molar-refractivity contribution in [3.63, 3.8) is 0 Å². The van der Waals surface area contributed by atoms with Gasteiger partial charge >= 0.3 is 6.09 Å². The lowest BCUT2D eigenvalue weighted by atomic mass is 9.96. The first kappa shape index (κ1) is 33.5. The molecular formula is C35H46N4O4S. The largest absolute Gasteiger partial charge is 0.445 e. The molecule has 2 heterocycles. The van der Waals surface area contributed by atoms with Crippen molar-refractivity contribution in [2.24, 2.45) is 0 Å². The summed E-state index contributed by atoms with van der Waals surface area (Å²) < 4.78 is 5.64. The SMILES string of the molecule is Cc1cccc(C)c1COC(=O)N[C@@H](Cc1ccccc1)[C@H](O)CN1CC[C@@H](Sc2ccncc2)C[C@H]1C(=O)NC(C)(C)C. The number of amides is 2. The van der Waals surface area contributed by atoms with E-state index in [0.29, 0.717) is 19.4 Å². The summed E-state index contributed by atoms with van der Waals surface area (Å²) in [5, 5.41) is 18.0. The normalized spacial score (nSPS) is 18.7. The number of hydrogen-bond acceptors (Lipinski definition) is 7. The van der Waals surface area contributed by atoms with Gasteiger partial charge < -0.3 is 20.5 Å². The average Bonchev–Trinajstić information content (AvgIpc) is 2.97. The zero-order valence-electron chi connectivity index (χ0n) is 26.5. The first-order valence-corrected chi connectivity index (χ1v) is 16.2. The summed E-state index contributed by atoms with van der Waals surface area (Å²) >= 11 is 1.76. The van der Waals surface area contributed by atoms with E-state index in [1.807, 2.05) is 95.3 Å². The van der Waals surface area contributed by atoms with E-state index in [0.717, 1.165) is 33.6 Å². The number of aryl methyl sites for hydroxylation is 2. The third-order valence-electron chi connectivity index (χ3n) is 7.90. The minimum Gasteiger partial charge on any atom is -0.445 e. The Morgan fingerprint density at radius 2 is 1.73 bits per heavy atom. The number of piperidine rings is 1. The number of benzene rings is 2. The second-order valence-corrected chi connectivity index (χ2v) is 14.0. The topological polar surface area (TPSA) is 104 Å². The molecule has 4 rings (SSSR count). The number of nitrogens with one attached hydrogen (secondary N) is 2. The Morgan fingerprint density at radius 3 is 2.39 bits per heavy atom. The summed E-state index contributed by atoms with van der Waals surface area (Å²) in [6, 6.07) is 18.7. The van der Waals surface area contributed by atoms with E-state index in [4.69, 9.17) is 4.74 Å². The van der Waals surface area contributed by atoms with Gasteiger partial charge in [-0.3, -0.25) is 14.7 Å². The van der Waals surface area contributed by atoms with E-state index in [2.05, 4.69) is 20.5 Å². The number of thioether (sulfide) groups is 1. The van der Waals surface area contributed by atoms with Gasteiger partial charge in [0.15, 0.2) is 0 Å². The van der Waals surface area contributed by atoms with Crippen LogP contribution in [0.25, 0.3) is 0 Å². The smallest absolute Gasteiger partial charge is 0.407 e. The van der Waals surface area contributed by atoms with E-state index >= 15 is 0 Å². The molecular weight excluding hydrogens is 572 g/mol. The molecule has 2 amide bonds. The fourth-order valence-electron chi connectivity index (χ4n) is 5.57. The number of ether oxygens (including phenoxy) is 1.